The Morgan fingerprint density at radius 3 is 2.31 bits per heavy atom. The van der Waals surface area contributed by atoms with Crippen molar-refractivity contribution < 1.29 is 14.3 Å². The maximum atomic E-state index is 13.1. The van der Waals surface area contributed by atoms with Crippen LogP contribution in [0.5, 0.6) is 5.75 Å². The summed E-state index contributed by atoms with van der Waals surface area (Å²) in [5, 5.41) is 6.02. The molecule has 2 amide bonds. The molecule has 2 aromatic carbocycles. The Balaban J connectivity index is 1.71. The molecule has 0 bridgehead atoms. The van der Waals surface area contributed by atoms with Gasteiger partial charge in [0.2, 0.25) is 5.91 Å². The lowest BCUT2D eigenvalue weighted by atomic mass is 10.0. The molecule has 3 rings (SSSR count). The Labute approximate surface area is 191 Å². The zero-order valence-corrected chi connectivity index (χ0v) is 19.6. The second-order valence-corrected chi connectivity index (χ2v) is 8.81. The Morgan fingerprint density at radius 1 is 1.03 bits per heavy atom. The molecular weight excluding hydrogens is 402 g/mol. The van der Waals surface area contributed by atoms with Gasteiger partial charge in [-0.2, -0.15) is 0 Å². The Hall–Kier alpha value is -2.86. The summed E-state index contributed by atoms with van der Waals surface area (Å²) in [6.07, 6.45) is 2.31. The minimum atomic E-state index is -0.610. The summed E-state index contributed by atoms with van der Waals surface area (Å²) in [6.45, 7) is 8.32. The van der Waals surface area contributed by atoms with Crippen LogP contribution in [-0.4, -0.2) is 49.5 Å². The molecule has 0 aromatic heterocycles. The number of methoxy groups -OCH3 is 1. The minimum Gasteiger partial charge on any atom is -0.496 e. The largest absolute Gasteiger partial charge is 0.496 e. The minimum absolute atomic E-state index is 0.0261. The van der Waals surface area contributed by atoms with Crippen molar-refractivity contribution >= 4 is 11.8 Å². The third kappa shape index (κ3) is 5.88. The number of nitrogens with one attached hydrogen (secondary N) is 2. The standard InChI is InChI=1S/C26H35N3O3/c1-18(2)24(28-25(30)20-13-11-19(3)12-14-20)26(31)27-17-22(29-15-7-8-16-29)21-9-5-6-10-23(21)32-4/h5-6,9-14,18,22,24H,7-8,15-17H2,1-4H3,(H,27,31)(H,28,30)/t22-,24+/m0/s1. The number of rotatable bonds is 9. The summed E-state index contributed by atoms with van der Waals surface area (Å²) in [4.78, 5) is 28.2. The van der Waals surface area contributed by atoms with E-state index >= 15 is 0 Å². The van der Waals surface area contributed by atoms with Gasteiger partial charge in [-0.3, -0.25) is 14.5 Å². The van der Waals surface area contributed by atoms with E-state index in [1.165, 1.54) is 0 Å². The summed E-state index contributed by atoms with van der Waals surface area (Å²) in [5.74, 6) is 0.381. The van der Waals surface area contributed by atoms with Crippen molar-refractivity contribution in [2.75, 3.05) is 26.7 Å². The summed E-state index contributed by atoms with van der Waals surface area (Å²) in [6, 6.07) is 14.8. The smallest absolute Gasteiger partial charge is 0.251 e. The van der Waals surface area contributed by atoms with Crippen LogP contribution in [0.4, 0.5) is 0 Å². The highest BCUT2D eigenvalue weighted by Gasteiger charge is 2.29. The van der Waals surface area contributed by atoms with Crippen LogP contribution < -0.4 is 15.4 Å². The van der Waals surface area contributed by atoms with Gasteiger partial charge in [-0.15, -0.1) is 0 Å². The highest BCUT2D eigenvalue weighted by Crippen LogP contribution is 2.31. The van der Waals surface area contributed by atoms with Crippen molar-refractivity contribution in [3.63, 3.8) is 0 Å². The highest BCUT2D eigenvalue weighted by molar-refractivity contribution is 5.97. The first-order chi connectivity index (χ1) is 15.4. The summed E-state index contributed by atoms with van der Waals surface area (Å²) in [5.41, 5.74) is 2.71. The molecule has 2 atom stereocenters. The second kappa shape index (κ2) is 11.1. The molecule has 32 heavy (non-hydrogen) atoms. The zero-order valence-electron chi connectivity index (χ0n) is 19.6. The fourth-order valence-electron chi connectivity index (χ4n) is 4.20. The molecule has 0 aliphatic carbocycles. The molecule has 0 saturated carbocycles. The predicted octanol–water partition coefficient (Wildman–Crippen LogP) is 3.71. The van der Waals surface area contributed by atoms with Crippen LogP contribution in [0.25, 0.3) is 0 Å². The molecule has 0 spiro atoms. The lowest BCUT2D eigenvalue weighted by molar-refractivity contribution is -0.124. The Bertz CT molecular complexity index is 905. The van der Waals surface area contributed by atoms with Gasteiger partial charge in [-0.25, -0.2) is 0 Å². The average Bonchev–Trinajstić information content (AvgIpc) is 3.32. The third-order valence-corrected chi connectivity index (χ3v) is 6.10. The average molecular weight is 438 g/mol. The van der Waals surface area contributed by atoms with E-state index in [-0.39, 0.29) is 23.8 Å². The fourth-order valence-corrected chi connectivity index (χ4v) is 4.20. The fraction of sp³-hybridized carbons (Fsp3) is 0.462. The number of aryl methyl sites for hydroxylation is 1. The predicted molar refractivity (Wildman–Crippen MR) is 127 cm³/mol. The highest BCUT2D eigenvalue weighted by atomic mass is 16.5. The van der Waals surface area contributed by atoms with E-state index in [4.69, 9.17) is 4.74 Å². The Kier molecular flexibility index (Phi) is 8.28. The number of amides is 2. The maximum absolute atomic E-state index is 13.1. The molecule has 2 aromatic rings. The van der Waals surface area contributed by atoms with E-state index in [0.29, 0.717) is 12.1 Å². The molecule has 1 heterocycles. The topological polar surface area (TPSA) is 70.7 Å². The van der Waals surface area contributed by atoms with Crippen molar-refractivity contribution in [1.82, 2.24) is 15.5 Å². The van der Waals surface area contributed by atoms with Crippen molar-refractivity contribution in [2.45, 2.75) is 45.7 Å². The van der Waals surface area contributed by atoms with Crippen LogP contribution >= 0.6 is 0 Å². The van der Waals surface area contributed by atoms with Crippen LogP contribution in [0.1, 0.15) is 54.2 Å². The molecule has 6 nitrogen and oxygen atoms in total. The molecule has 1 aliphatic rings. The first kappa shape index (κ1) is 23.8. The summed E-state index contributed by atoms with van der Waals surface area (Å²) in [7, 11) is 1.67. The number of carbonyl (C=O) groups excluding carboxylic acids is 2. The summed E-state index contributed by atoms with van der Waals surface area (Å²) >= 11 is 0. The molecule has 1 aliphatic heterocycles. The van der Waals surface area contributed by atoms with Gasteiger partial charge in [0.15, 0.2) is 0 Å². The van der Waals surface area contributed by atoms with E-state index < -0.39 is 6.04 Å². The monoisotopic (exact) mass is 437 g/mol. The molecule has 0 radical (unpaired) electrons. The van der Waals surface area contributed by atoms with Crippen LogP contribution in [0.2, 0.25) is 0 Å². The van der Waals surface area contributed by atoms with Gasteiger partial charge >= 0.3 is 0 Å². The second-order valence-electron chi connectivity index (χ2n) is 8.81. The van der Waals surface area contributed by atoms with Gasteiger partial charge in [0.1, 0.15) is 11.8 Å². The van der Waals surface area contributed by atoms with Gasteiger partial charge in [0.05, 0.1) is 13.2 Å². The number of benzene rings is 2. The lowest BCUT2D eigenvalue weighted by Gasteiger charge is -2.30. The number of nitrogens with zero attached hydrogens (tertiary/aromatic N) is 1. The van der Waals surface area contributed by atoms with E-state index in [1.807, 2.05) is 51.1 Å². The first-order valence-corrected chi connectivity index (χ1v) is 11.4. The van der Waals surface area contributed by atoms with Crippen molar-refractivity contribution in [3.8, 4) is 5.75 Å². The molecular formula is C26H35N3O3. The third-order valence-electron chi connectivity index (χ3n) is 6.10. The number of ether oxygens (including phenoxy) is 1. The molecule has 0 unspecified atom stereocenters. The lowest BCUT2D eigenvalue weighted by Crippen LogP contribution is -2.51. The molecule has 1 saturated heterocycles. The van der Waals surface area contributed by atoms with Gasteiger partial charge in [0, 0.05) is 17.7 Å². The van der Waals surface area contributed by atoms with Crippen molar-refractivity contribution in [3.05, 3.63) is 65.2 Å². The number of likely N-dealkylation sites (tertiary alicyclic amines) is 1. The first-order valence-electron chi connectivity index (χ1n) is 11.4. The zero-order chi connectivity index (χ0) is 23.1. The van der Waals surface area contributed by atoms with Gasteiger partial charge in [0.25, 0.3) is 5.91 Å². The van der Waals surface area contributed by atoms with E-state index in [0.717, 1.165) is 42.8 Å². The Morgan fingerprint density at radius 2 is 1.69 bits per heavy atom. The molecule has 172 valence electrons. The molecule has 1 fully saturated rings. The van der Waals surface area contributed by atoms with Crippen molar-refractivity contribution in [1.29, 1.82) is 0 Å². The van der Waals surface area contributed by atoms with Crippen LogP contribution in [-0.2, 0) is 4.79 Å². The maximum Gasteiger partial charge on any atom is 0.251 e. The van der Waals surface area contributed by atoms with Gasteiger partial charge in [-0.1, -0.05) is 49.7 Å². The van der Waals surface area contributed by atoms with Crippen LogP contribution in [0.3, 0.4) is 0 Å². The number of para-hydroxylation sites is 1. The number of carbonyl (C=O) groups is 2. The summed E-state index contributed by atoms with van der Waals surface area (Å²) < 4.78 is 5.59. The van der Waals surface area contributed by atoms with E-state index in [2.05, 4.69) is 21.6 Å². The van der Waals surface area contributed by atoms with Gasteiger partial charge < -0.3 is 15.4 Å². The van der Waals surface area contributed by atoms with Crippen LogP contribution in [0, 0.1) is 12.8 Å². The molecule has 6 heteroatoms. The SMILES string of the molecule is COc1ccccc1[C@H](CNC(=O)[C@H](NC(=O)c1ccc(C)cc1)C(C)C)N1CCCC1. The number of hydrogen-bond donors (Lipinski definition) is 2. The van der Waals surface area contributed by atoms with Crippen LogP contribution in [0.15, 0.2) is 48.5 Å². The van der Waals surface area contributed by atoms with E-state index in [1.54, 1.807) is 19.2 Å². The number of hydrogen-bond acceptors (Lipinski definition) is 4. The van der Waals surface area contributed by atoms with Gasteiger partial charge in [-0.05, 0) is 57.0 Å². The van der Waals surface area contributed by atoms with Crippen molar-refractivity contribution in [2.24, 2.45) is 5.92 Å². The quantitative estimate of drug-likeness (QED) is 0.627. The van der Waals surface area contributed by atoms with E-state index in [9.17, 15) is 9.59 Å². The molecule has 2 N–H and O–H groups in total. The normalized spacial score (nSPS) is 15.9.